The molecule has 1 rings (SSSR count). The van der Waals surface area contributed by atoms with Crippen molar-refractivity contribution in [1.29, 1.82) is 0 Å². The Morgan fingerprint density at radius 1 is 1.11 bits per heavy atom. The van der Waals surface area contributed by atoms with E-state index in [1.807, 2.05) is 0 Å². The summed E-state index contributed by atoms with van der Waals surface area (Å²) in [5.74, 6) is 0.938. The fourth-order valence-electron chi connectivity index (χ4n) is 3.13. The molecule has 18 heavy (non-hydrogen) atoms. The van der Waals surface area contributed by atoms with Crippen LogP contribution in [-0.4, -0.2) is 31.1 Å². The Hall–Kier alpha value is -0.0800. The number of nitrogens with two attached hydrogens (primary N) is 1. The van der Waals surface area contributed by atoms with Crippen LogP contribution < -0.4 is 5.73 Å². The van der Waals surface area contributed by atoms with Crippen molar-refractivity contribution in [3.05, 3.63) is 0 Å². The topological polar surface area (TPSA) is 29.3 Å². The summed E-state index contributed by atoms with van der Waals surface area (Å²) in [5.41, 5.74) is 6.15. The Morgan fingerprint density at radius 2 is 1.72 bits per heavy atom. The molecule has 2 heteroatoms. The van der Waals surface area contributed by atoms with Crippen LogP contribution >= 0.6 is 0 Å². The molecule has 0 aromatic rings. The average Bonchev–Trinajstić information content (AvgIpc) is 2.57. The van der Waals surface area contributed by atoms with Crippen molar-refractivity contribution in [1.82, 2.24) is 4.90 Å². The first-order valence-electron chi connectivity index (χ1n) is 8.00. The zero-order valence-electron chi connectivity index (χ0n) is 12.9. The maximum Gasteiger partial charge on any atom is 0.00449 e. The molecule has 0 spiro atoms. The van der Waals surface area contributed by atoms with E-state index in [9.17, 15) is 0 Å². The summed E-state index contributed by atoms with van der Waals surface area (Å²) < 4.78 is 0. The lowest BCUT2D eigenvalue weighted by Gasteiger charge is -2.34. The van der Waals surface area contributed by atoms with E-state index >= 15 is 0 Å². The highest BCUT2D eigenvalue weighted by Crippen LogP contribution is 2.25. The zero-order valence-corrected chi connectivity index (χ0v) is 12.9. The standard InChI is InChI=1S/C16H34N2/c1-4-11-18(14-16(2,3)13-17)12-15-9-7-5-6-8-10-15/h15H,4-14,17H2,1-3H3. The van der Waals surface area contributed by atoms with Crippen LogP contribution in [0.1, 0.15) is 65.7 Å². The van der Waals surface area contributed by atoms with Gasteiger partial charge in [0.25, 0.3) is 0 Å². The molecule has 2 nitrogen and oxygen atoms in total. The van der Waals surface area contributed by atoms with Gasteiger partial charge in [0.1, 0.15) is 0 Å². The number of rotatable bonds is 7. The van der Waals surface area contributed by atoms with Gasteiger partial charge in [0, 0.05) is 13.1 Å². The molecule has 1 fully saturated rings. The Labute approximate surface area is 114 Å². The van der Waals surface area contributed by atoms with Crippen molar-refractivity contribution in [2.24, 2.45) is 17.1 Å². The maximum atomic E-state index is 5.88. The lowest BCUT2D eigenvalue weighted by molar-refractivity contribution is 0.154. The van der Waals surface area contributed by atoms with E-state index in [1.165, 1.54) is 58.0 Å². The summed E-state index contributed by atoms with van der Waals surface area (Å²) in [6.45, 7) is 11.4. The van der Waals surface area contributed by atoms with Crippen LogP contribution in [-0.2, 0) is 0 Å². The van der Waals surface area contributed by atoms with Crippen LogP contribution in [0.15, 0.2) is 0 Å². The van der Waals surface area contributed by atoms with Gasteiger partial charge in [-0.2, -0.15) is 0 Å². The highest BCUT2D eigenvalue weighted by atomic mass is 15.1. The second-order valence-electron chi connectivity index (χ2n) is 6.96. The van der Waals surface area contributed by atoms with Crippen LogP contribution in [0.2, 0.25) is 0 Å². The third-order valence-corrected chi connectivity index (χ3v) is 4.24. The second kappa shape index (κ2) is 8.16. The molecule has 108 valence electrons. The molecule has 0 amide bonds. The summed E-state index contributed by atoms with van der Waals surface area (Å²) in [6, 6.07) is 0. The molecule has 1 aliphatic rings. The zero-order chi connectivity index (χ0) is 13.4. The Morgan fingerprint density at radius 3 is 2.22 bits per heavy atom. The molecule has 2 N–H and O–H groups in total. The predicted molar refractivity (Wildman–Crippen MR) is 80.8 cm³/mol. The van der Waals surface area contributed by atoms with E-state index in [4.69, 9.17) is 5.73 Å². The van der Waals surface area contributed by atoms with E-state index in [2.05, 4.69) is 25.7 Å². The Bertz CT molecular complexity index is 205. The molecule has 0 aromatic heterocycles. The molecule has 0 saturated heterocycles. The number of nitrogens with zero attached hydrogens (tertiary/aromatic N) is 1. The third kappa shape index (κ3) is 6.19. The van der Waals surface area contributed by atoms with Gasteiger partial charge < -0.3 is 10.6 Å². The minimum atomic E-state index is 0.264. The van der Waals surface area contributed by atoms with E-state index < -0.39 is 0 Å². The van der Waals surface area contributed by atoms with E-state index in [-0.39, 0.29) is 5.41 Å². The molecule has 0 bridgehead atoms. The lowest BCUT2D eigenvalue weighted by atomic mass is 9.91. The fourth-order valence-corrected chi connectivity index (χ4v) is 3.13. The maximum absolute atomic E-state index is 5.88. The van der Waals surface area contributed by atoms with Crippen LogP contribution in [0, 0.1) is 11.3 Å². The Balaban J connectivity index is 2.45. The first kappa shape index (κ1) is 16.0. The van der Waals surface area contributed by atoms with Gasteiger partial charge in [0.2, 0.25) is 0 Å². The summed E-state index contributed by atoms with van der Waals surface area (Å²) in [4.78, 5) is 2.67. The summed E-state index contributed by atoms with van der Waals surface area (Å²) in [5, 5.41) is 0. The van der Waals surface area contributed by atoms with E-state index in [0.29, 0.717) is 0 Å². The third-order valence-electron chi connectivity index (χ3n) is 4.24. The first-order chi connectivity index (χ1) is 8.57. The van der Waals surface area contributed by atoms with Gasteiger partial charge in [-0.25, -0.2) is 0 Å². The highest BCUT2D eigenvalue weighted by Gasteiger charge is 2.22. The normalized spacial score (nSPS) is 19.2. The van der Waals surface area contributed by atoms with Gasteiger partial charge in [-0.3, -0.25) is 0 Å². The lowest BCUT2D eigenvalue weighted by Crippen LogP contribution is -2.41. The molecule has 0 aliphatic heterocycles. The minimum Gasteiger partial charge on any atom is -0.330 e. The quantitative estimate of drug-likeness (QED) is 0.703. The van der Waals surface area contributed by atoms with Crippen molar-refractivity contribution < 1.29 is 0 Å². The molecule has 0 aromatic carbocycles. The minimum absolute atomic E-state index is 0.264. The number of hydrogen-bond acceptors (Lipinski definition) is 2. The molecule has 1 saturated carbocycles. The fraction of sp³-hybridized carbons (Fsp3) is 1.00. The van der Waals surface area contributed by atoms with Crippen molar-refractivity contribution in [3.8, 4) is 0 Å². The van der Waals surface area contributed by atoms with Crippen LogP contribution in [0.25, 0.3) is 0 Å². The van der Waals surface area contributed by atoms with Crippen molar-refractivity contribution in [2.75, 3.05) is 26.2 Å². The summed E-state index contributed by atoms with van der Waals surface area (Å²) in [6.07, 6.45) is 9.97. The van der Waals surface area contributed by atoms with Crippen molar-refractivity contribution in [2.45, 2.75) is 65.7 Å². The van der Waals surface area contributed by atoms with Gasteiger partial charge in [0.15, 0.2) is 0 Å². The van der Waals surface area contributed by atoms with E-state index in [0.717, 1.165) is 19.0 Å². The predicted octanol–water partition coefficient (Wildman–Crippen LogP) is 3.65. The molecule has 0 atom stereocenters. The molecule has 1 aliphatic carbocycles. The van der Waals surface area contributed by atoms with Gasteiger partial charge >= 0.3 is 0 Å². The molecule has 0 heterocycles. The van der Waals surface area contributed by atoms with E-state index in [1.54, 1.807) is 0 Å². The molecular formula is C16H34N2. The molecule has 0 radical (unpaired) electrons. The Kier molecular flexibility index (Phi) is 7.25. The van der Waals surface area contributed by atoms with Gasteiger partial charge in [-0.1, -0.05) is 46.5 Å². The summed E-state index contributed by atoms with van der Waals surface area (Å²) >= 11 is 0. The van der Waals surface area contributed by atoms with Crippen molar-refractivity contribution in [3.63, 3.8) is 0 Å². The van der Waals surface area contributed by atoms with Gasteiger partial charge in [0.05, 0.1) is 0 Å². The van der Waals surface area contributed by atoms with Crippen LogP contribution in [0.3, 0.4) is 0 Å². The monoisotopic (exact) mass is 254 g/mol. The highest BCUT2D eigenvalue weighted by molar-refractivity contribution is 4.77. The molecular weight excluding hydrogens is 220 g/mol. The van der Waals surface area contributed by atoms with Gasteiger partial charge in [-0.05, 0) is 43.7 Å². The smallest absolute Gasteiger partial charge is 0.00449 e. The average molecular weight is 254 g/mol. The number of hydrogen-bond donors (Lipinski definition) is 1. The van der Waals surface area contributed by atoms with Crippen LogP contribution in [0.4, 0.5) is 0 Å². The second-order valence-corrected chi connectivity index (χ2v) is 6.96. The first-order valence-corrected chi connectivity index (χ1v) is 8.00. The van der Waals surface area contributed by atoms with Gasteiger partial charge in [-0.15, -0.1) is 0 Å². The van der Waals surface area contributed by atoms with Crippen LogP contribution in [0.5, 0.6) is 0 Å². The largest absolute Gasteiger partial charge is 0.330 e. The summed E-state index contributed by atoms with van der Waals surface area (Å²) in [7, 11) is 0. The van der Waals surface area contributed by atoms with Crippen molar-refractivity contribution >= 4 is 0 Å². The molecule has 0 unspecified atom stereocenters. The SMILES string of the molecule is CCCN(CC1CCCCCC1)CC(C)(C)CN.